The molecule has 3 rings (SSSR count). The Morgan fingerprint density at radius 3 is 2.56 bits per heavy atom. The summed E-state index contributed by atoms with van der Waals surface area (Å²) in [6.07, 6.45) is 0. The van der Waals surface area contributed by atoms with Crippen molar-refractivity contribution in [3.63, 3.8) is 0 Å². The number of aryl methyl sites for hydroxylation is 2. The molecule has 6 nitrogen and oxygen atoms in total. The van der Waals surface area contributed by atoms with Crippen LogP contribution in [0.1, 0.15) is 21.6 Å². The summed E-state index contributed by atoms with van der Waals surface area (Å²) in [7, 11) is 0. The van der Waals surface area contributed by atoms with Gasteiger partial charge in [-0.2, -0.15) is 0 Å². The number of nitrogens with zero attached hydrogens (tertiary/aromatic N) is 2. The maximum absolute atomic E-state index is 12.4. The van der Waals surface area contributed by atoms with Crippen LogP contribution in [0, 0.1) is 24.0 Å². The first kappa shape index (κ1) is 16.8. The molecule has 25 heavy (non-hydrogen) atoms. The molecular weight excluding hydrogens is 338 g/mol. The lowest BCUT2D eigenvalue weighted by Crippen LogP contribution is -2.12. The van der Waals surface area contributed by atoms with Crippen molar-refractivity contribution in [2.45, 2.75) is 13.8 Å². The van der Waals surface area contributed by atoms with Crippen LogP contribution in [0.4, 0.5) is 10.8 Å². The summed E-state index contributed by atoms with van der Waals surface area (Å²) in [6.45, 7) is 3.52. The van der Waals surface area contributed by atoms with E-state index in [2.05, 4.69) is 10.3 Å². The Hall–Kier alpha value is -3.06. The third-order valence-electron chi connectivity index (χ3n) is 3.72. The van der Waals surface area contributed by atoms with E-state index in [0.717, 1.165) is 16.1 Å². The quantitative estimate of drug-likeness (QED) is 0.549. The number of carbonyl (C=O) groups is 1. The lowest BCUT2D eigenvalue weighted by Gasteiger charge is -2.03. The number of nitro benzene ring substituents is 1. The van der Waals surface area contributed by atoms with Crippen molar-refractivity contribution in [1.82, 2.24) is 4.98 Å². The van der Waals surface area contributed by atoms with E-state index in [1.807, 2.05) is 37.3 Å². The normalized spacial score (nSPS) is 10.5. The minimum Gasteiger partial charge on any atom is -0.298 e. The molecule has 1 amide bonds. The minimum atomic E-state index is -0.493. The fourth-order valence-corrected chi connectivity index (χ4v) is 3.39. The summed E-state index contributed by atoms with van der Waals surface area (Å²) < 4.78 is 0. The molecule has 0 fully saturated rings. The van der Waals surface area contributed by atoms with Gasteiger partial charge >= 0.3 is 0 Å². The van der Waals surface area contributed by atoms with E-state index in [-0.39, 0.29) is 11.3 Å². The molecule has 0 aliphatic carbocycles. The van der Waals surface area contributed by atoms with Crippen molar-refractivity contribution in [1.29, 1.82) is 0 Å². The summed E-state index contributed by atoms with van der Waals surface area (Å²) in [6, 6.07) is 14.2. The molecular formula is C18H15N3O3S. The number of hydrogen-bond acceptors (Lipinski definition) is 5. The van der Waals surface area contributed by atoms with E-state index in [1.165, 1.54) is 17.4 Å². The highest BCUT2D eigenvalue weighted by Crippen LogP contribution is 2.32. The molecule has 0 bridgehead atoms. The highest BCUT2D eigenvalue weighted by Gasteiger charge is 2.17. The molecule has 1 aromatic heterocycles. The fourth-order valence-electron chi connectivity index (χ4n) is 2.42. The number of aromatic nitrogens is 1. The second-order valence-electron chi connectivity index (χ2n) is 5.51. The molecule has 0 atom stereocenters. The fraction of sp³-hybridized carbons (Fsp3) is 0.111. The monoisotopic (exact) mass is 353 g/mol. The minimum absolute atomic E-state index is 0.0760. The maximum Gasteiger partial charge on any atom is 0.273 e. The number of benzene rings is 2. The van der Waals surface area contributed by atoms with E-state index < -0.39 is 10.8 Å². The highest BCUT2D eigenvalue weighted by molar-refractivity contribution is 7.19. The number of rotatable bonds is 4. The Morgan fingerprint density at radius 1 is 1.16 bits per heavy atom. The van der Waals surface area contributed by atoms with Gasteiger partial charge in [-0.05, 0) is 25.5 Å². The smallest absolute Gasteiger partial charge is 0.273 e. The first-order valence-corrected chi connectivity index (χ1v) is 8.36. The predicted molar refractivity (Wildman–Crippen MR) is 98.1 cm³/mol. The molecule has 3 aromatic rings. The molecule has 0 unspecified atom stereocenters. The van der Waals surface area contributed by atoms with Crippen molar-refractivity contribution < 1.29 is 9.72 Å². The van der Waals surface area contributed by atoms with E-state index >= 15 is 0 Å². The summed E-state index contributed by atoms with van der Waals surface area (Å²) >= 11 is 1.37. The maximum atomic E-state index is 12.4. The van der Waals surface area contributed by atoms with Gasteiger partial charge in [0.1, 0.15) is 0 Å². The zero-order valence-corrected chi connectivity index (χ0v) is 14.5. The van der Waals surface area contributed by atoms with E-state index in [4.69, 9.17) is 0 Å². The van der Waals surface area contributed by atoms with Gasteiger partial charge in [0.05, 0.1) is 15.5 Å². The Bertz CT molecular complexity index is 951. The summed E-state index contributed by atoms with van der Waals surface area (Å²) in [4.78, 5) is 28.3. The van der Waals surface area contributed by atoms with Gasteiger partial charge in [0.25, 0.3) is 11.6 Å². The van der Waals surface area contributed by atoms with Crippen LogP contribution in [-0.4, -0.2) is 15.8 Å². The molecule has 0 saturated carbocycles. The average Bonchev–Trinajstić information content (AvgIpc) is 2.96. The van der Waals surface area contributed by atoms with Crippen molar-refractivity contribution in [3.8, 4) is 10.4 Å². The van der Waals surface area contributed by atoms with Crippen LogP contribution in [0.15, 0.2) is 48.5 Å². The Labute approximate surface area is 148 Å². The van der Waals surface area contributed by atoms with Gasteiger partial charge in [0, 0.05) is 17.2 Å². The Morgan fingerprint density at radius 2 is 1.88 bits per heavy atom. The largest absolute Gasteiger partial charge is 0.298 e. The number of amides is 1. The van der Waals surface area contributed by atoms with Gasteiger partial charge in [-0.25, -0.2) is 4.98 Å². The van der Waals surface area contributed by atoms with Crippen LogP contribution in [-0.2, 0) is 0 Å². The molecule has 126 valence electrons. The van der Waals surface area contributed by atoms with Crippen LogP contribution < -0.4 is 5.32 Å². The molecule has 1 N–H and O–H groups in total. The first-order chi connectivity index (χ1) is 12.0. The van der Waals surface area contributed by atoms with Crippen LogP contribution in [0.2, 0.25) is 0 Å². The SMILES string of the molecule is Cc1ccc(C(=O)Nc2nc(C)c(-c3ccccc3)s2)cc1[N+](=O)[O-]. The summed E-state index contributed by atoms with van der Waals surface area (Å²) in [5.74, 6) is -0.420. The second-order valence-corrected chi connectivity index (χ2v) is 6.51. The van der Waals surface area contributed by atoms with Crippen molar-refractivity contribution in [2.75, 3.05) is 5.32 Å². The number of carbonyl (C=O) groups excluding carboxylic acids is 1. The average molecular weight is 353 g/mol. The van der Waals surface area contributed by atoms with Gasteiger partial charge in [-0.3, -0.25) is 20.2 Å². The van der Waals surface area contributed by atoms with Gasteiger partial charge in [-0.15, -0.1) is 0 Å². The van der Waals surface area contributed by atoms with Crippen LogP contribution in [0.5, 0.6) is 0 Å². The van der Waals surface area contributed by atoms with Crippen LogP contribution in [0.25, 0.3) is 10.4 Å². The van der Waals surface area contributed by atoms with E-state index in [9.17, 15) is 14.9 Å². The van der Waals surface area contributed by atoms with Crippen LogP contribution in [0.3, 0.4) is 0 Å². The lowest BCUT2D eigenvalue weighted by atomic mass is 10.1. The zero-order chi connectivity index (χ0) is 18.0. The first-order valence-electron chi connectivity index (χ1n) is 7.55. The van der Waals surface area contributed by atoms with Gasteiger partial charge in [0.2, 0.25) is 0 Å². The van der Waals surface area contributed by atoms with Crippen molar-refractivity contribution >= 4 is 28.1 Å². The van der Waals surface area contributed by atoms with Crippen LogP contribution >= 0.6 is 11.3 Å². The predicted octanol–water partition coefficient (Wildman–Crippen LogP) is 4.59. The van der Waals surface area contributed by atoms with Gasteiger partial charge in [-0.1, -0.05) is 47.7 Å². The molecule has 0 aliphatic rings. The molecule has 2 aromatic carbocycles. The van der Waals surface area contributed by atoms with Crippen molar-refractivity contribution in [3.05, 3.63) is 75.5 Å². The topological polar surface area (TPSA) is 85.1 Å². The van der Waals surface area contributed by atoms with Gasteiger partial charge < -0.3 is 0 Å². The highest BCUT2D eigenvalue weighted by atomic mass is 32.1. The zero-order valence-electron chi connectivity index (χ0n) is 13.6. The molecule has 0 saturated heterocycles. The number of hydrogen-bond donors (Lipinski definition) is 1. The Balaban J connectivity index is 1.85. The number of anilines is 1. The van der Waals surface area contributed by atoms with E-state index in [0.29, 0.717) is 10.7 Å². The third-order valence-corrected chi connectivity index (χ3v) is 4.84. The van der Waals surface area contributed by atoms with Gasteiger partial charge in [0.15, 0.2) is 5.13 Å². The molecule has 0 radical (unpaired) electrons. The second kappa shape index (κ2) is 6.82. The summed E-state index contributed by atoms with van der Waals surface area (Å²) in [5.41, 5.74) is 2.52. The standard InChI is InChI=1S/C18H15N3O3S/c1-11-8-9-14(10-15(11)21(23)24)17(22)20-18-19-12(2)16(25-18)13-6-4-3-5-7-13/h3-10H,1-2H3,(H,19,20,22). The number of nitro groups is 1. The molecule has 0 aliphatic heterocycles. The Kier molecular flexibility index (Phi) is 4.58. The molecule has 7 heteroatoms. The lowest BCUT2D eigenvalue weighted by molar-refractivity contribution is -0.385. The third kappa shape index (κ3) is 3.56. The summed E-state index contributed by atoms with van der Waals surface area (Å²) in [5, 5.41) is 14.2. The number of nitrogens with one attached hydrogen (secondary N) is 1. The molecule has 1 heterocycles. The molecule has 0 spiro atoms. The number of thiazole rings is 1. The van der Waals surface area contributed by atoms with Crippen molar-refractivity contribution in [2.24, 2.45) is 0 Å². The van der Waals surface area contributed by atoms with E-state index in [1.54, 1.807) is 19.1 Å².